The van der Waals surface area contributed by atoms with Crippen molar-refractivity contribution in [2.24, 2.45) is 5.41 Å². The highest BCUT2D eigenvalue weighted by atomic mass is 16.7. The van der Waals surface area contributed by atoms with Crippen molar-refractivity contribution in [1.29, 1.82) is 0 Å². The number of hydrogen-bond donors (Lipinski definition) is 0. The van der Waals surface area contributed by atoms with Crippen LogP contribution in [0, 0.1) is 5.41 Å². The molecule has 0 aromatic heterocycles. The summed E-state index contributed by atoms with van der Waals surface area (Å²) in [6.45, 7) is 7.51. The third-order valence-electron chi connectivity index (χ3n) is 2.91. The molecule has 92 valence electrons. The van der Waals surface area contributed by atoms with Gasteiger partial charge in [0.25, 0.3) is 0 Å². The van der Waals surface area contributed by atoms with E-state index in [2.05, 4.69) is 51.1 Å². The molecule has 0 fully saturated rings. The van der Waals surface area contributed by atoms with Gasteiger partial charge in [0.15, 0.2) is 6.79 Å². The van der Waals surface area contributed by atoms with E-state index < -0.39 is 0 Å². The molecule has 1 atom stereocenters. The lowest BCUT2D eigenvalue weighted by Crippen LogP contribution is -2.12. The van der Waals surface area contributed by atoms with E-state index in [0.717, 1.165) is 5.76 Å². The first-order chi connectivity index (χ1) is 8.07. The van der Waals surface area contributed by atoms with Crippen LogP contribution < -0.4 is 0 Å². The summed E-state index contributed by atoms with van der Waals surface area (Å²) < 4.78 is 11.2. The fourth-order valence-electron chi connectivity index (χ4n) is 1.92. The zero-order valence-corrected chi connectivity index (χ0v) is 10.8. The van der Waals surface area contributed by atoms with E-state index in [0.29, 0.717) is 13.4 Å². The zero-order valence-electron chi connectivity index (χ0n) is 10.8. The first-order valence-corrected chi connectivity index (χ1v) is 6.05. The molecule has 1 aromatic rings. The number of rotatable bonds is 1. The monoisotopic (exact) mass is 232 g/mol. The standard InChI is InChI=1S/C15H20O2/c1-15(2,3)14-9-13(10-16-11-17-14)12-7-5-4-6-8-12/h4-9,13H,10-11H2,1-3H3. The van der Waals surface area contributed by atoms with Crippen molar-refractivity contribution in [3.63, 3.8) is 0 Å². The van der Waals surface area contributed by atoms with Crippen LogP contribution in [0.25, 0.3) is 0 Å². The third kappa shape index (κ3) is 3.10. The van der Waals surface area contributed by atoms with Gasteiger partial charge in [-0.05, 0) is 11.6 Å². The van der Waals surface area contributed by atoms with E-state index in [9.17, 15) is 0 Å². The van der Waals surface area contributed by atoms with Gasteiger partial charge in [-0.3, -0.25) is 0 Å². The molecule has 1 aromatic carbocycles. The second-order valence-corrected chi connectivity index (χ2v) is 5.43. The lowest BCUT2D eigenvalue weighted by atomic mass is 9.89. The molecule has 2 heteroatoms. The summed E-state index contributed by atoms with van der Waals surface area (Å²) >= 11 is 0. The maximum atomic E-state index is 5.66. The zero-order chi connectivity index (χ0) is 12.3. The predicted molar refractivity (Wildman–Crippen MR) is 68.6 cm³/mol. The minimum atomic E-state index is 0.0285. The first-order valence-electron chi connectivity index (χ1n) is 6.05. The van der Waals surface area contributed by atoms with E-state index in [1.165, 1.54) is 5.56 Å². The van der Waals surface area contributed by atoms with Crippen molar-refractivity contribution in [3.8, 4) is 0 Å². The molecule has 1 aliphatic heterocycles. The maximum absolute atomic E-state index is 5.66. The van der Waals surface area contributed by atoms with E-state index in [-0.39, 0.29) is 11.3 Å². The molecule has 0 saturated carbocycles. The summed E-state index contributed by atoms with van der Waals surface area (Å²) in [7, 11) is 0. The normalized spacial score (nSPS) is 21.4. The van der Waals surface area contributed by atoms with Gasteiger partial charge in [-0.15, -0.1) is 0 Å². The molecule has 0 N–H and O–H groups in total. The average Bonchev–Trinajstić information content (AvgIpc) is 2.55. The van der Waals surface area contributed by atoms with E-state index in [1.54, 1.807) is 0 Å². The van der Waals surface area contributed by atoms with Crippen molar-refractivity contribution < 1.29 is 9.47 Å². The van der Waals surface area contributed by atoms with Gasteiger partial charge in [0.05, 0.1) is 6.61 Å². The van der Waals surface area contributed by atoms with Gasteiger partial charge in [0, 0.05) is 11.3 Å². The second kappa shape index (κ2) is 4.92. The minimum Gasteiger partial charge on any atom is -0.472 e. The summed E-state index contributed by atoms with van der Waals surface area (Å²) in [5, 5.41) is 0. The molecule has 17 heavy (non-hydrogen) atoms. The smallest absolute Gasteiger partial charge is 0.188 e. The molecule has 2 nitrogen and oxygen atoms in total. The van der Waals surface area contributed by atoms with Gasteiger partial charge in [-0.2, -0.15) is 0 Å². The summed E-state index contributed by atoms with van der Waals surface area (Å²) in [6, 6.07) is 10.4. The average molecular weight is 232 g/mol. The van der Waals surface area contributed by atoms with Gasteiger partial charge in [0.2, 0.25) is 0 Å². The van der Waals surface area contributed by atoms with Gasteiger partial charge < -0.3 is 9.47 Å². The van der Waals surface area contributed by atoms with Crippen LogP contribution in [-0.4, -0.2) is 13.4 Å². The Labute approximate surface area is 103 Å². The van der Waals surface area contributed by atoms with Crippen LogP contribution in [0.3, 0.4) is 0 Å². The topological polar surface area (TPSA) is 18.5 Å². The molecule has 0 bridgehead atoms. The van der Waals surface area contributed by atoms with Gasteiger partial charge in [0.1, 0.15) is 5.76 Å². The number of hydrogen-bond acceptors (Lipinski definition) is 2. The van der Waals surface area contributed by atoms with Crippen molar-refractivity contribution in [2.45, 2.75) is 26.7 Å². The van der Waals surface area contributed by atoms with E-state index in [4.69, 9.17) is 9.47 Å². The summed E-state index contributed by atoms with van der Waals surface area (Å²) in [5.41, 5.74) is 1.31. The van der Waals surface area contributed by atoms with Crippen LogP contribution >= 0.6 is 0 Å². The Kier molecular flexibility index (Phi) is 3.53. The fraction of sp³-hybridized carbons (Fsp3) is 0.467. The number of ether oxygens (including phenoxy) is 2. The molecular formula is C15H20O2. The fourth-order valence-corrected chi connectivity index (χ4v) is 1.92. The van der Waals surface area contributed by atoms with Crippen LogP contribution in [-0.2, 0) is 9.47 Å². The van der Waals surface area contributed by atoms with Gasteiger partial charge in [-0.25, -0.2) is 0 Å². The number of benzene rings is 1. The van der Waals surface area contributed by atoms with E-state index in [1.807, 2.05) is 6.07 Å². The molecular weight excluding hydrogens is 212 g/mol. The predicted octanol–water partition coefficient (Wildman–Crippen LogP) is 3.70. The summed E-state index contributed by atoms with van der Waals surface area (Å²) in [4.78, 5) is 0. The van der Waals surface area contributed by atoms with Crippen molar-refractivity contribution in [1.82, 2.24) is 0 Å². The highest BCUT2D eigenvalue weighted by Crippen LogP contribution is 2.32. The SMILES string of the molecule is CC(C)(C)C1=CC(c2ccccc2)COCO1. The van der Waals surface area contributed by atoms with Crippen molar-refractivity contribution in [2.75, 3.05) is 13.4 Å². The minimum absolute atomic E-state index is 0.0285. The molecule has 1 unspecified atom stereocenters. The van der Waals surface area contributed by atoms with Crippen LogP contribution in [0.4, 0.5) is 0 Å². The largest absolute Gasteiger partial charge is 0.472 e. The lowest BCUT2D eigenvalue weighted by molar-refractivity contribution is -0.0290. The summed E-state index contributed by atoms with van der Waals surface area (Å²) in [6.07, 6.45) is 2.20. The maximum Gasteiger partial charge on any atom is 0.188 e. The van der Waals surface area contributed by atoms with E-state index >= 15 is 0 Å². The Morgan fingerprint density at radius 3 is 2.47 bits per heavy atom. The Hall–Kier alpha value is -1.28. The van der Waals surface area contributed by atoms with Crippen LogP contribution in [0.15, 0.2) is 42.2 Å². The Morgan fingerprint density at radius 2 is 1.82 bits per heavy atom. The Morgan fingerprint density at radius 1 is 1.12 bits per heavy atom. The highest BCUT2D eigenvalue weighted by molar-refractivity contribution is 5.26. The molecule has 0 radical (unpaired) electrons. The summed E-state index contributed by atoms with van der Waals surface area (Å²) in [5.74, 6) is 1.30. The molecule has 0 aliphatic carbocycles. The van der Waals surface area contributed by atoms with Crippen molar-refractivity contribution in [3.05, 3.63) is 47.7 Å². The molecule has 2 rings (SSSR count). The van der Waals surface area contributed by atoms with Gasteiger partial charge in [-0.1, -0.05) is 51.1 Å². The van der Waals surface area contributed by atoms with Crippen LogP contribution in [0.5, 0.6) is 0 Å². The highest BCUT2D eigenvalue weighted by Gasteiger charge is 2.23. The molecule has 0 amide bonds. The third-order valence-corrected chi connectivity index (χ3v) is 2.91. The molecule has 1 aliphatic rings. The Balaban J connectivity index is 2.28. The molecule has 0 saturated heterocycles. The molecule has 1 heterocycles. The van der Waals surface area contributed by atoms with Crippen molar-refractivity contribution >= 4 is 0 Å². The molecule has 0 spiro atoms. The first kappa shape index (κ1) is 12.2. The number of allylic oxidation sites excluding steroid dienone is 1. The van der Waals surface area contributed by atoms with Crippen LogP contribution in [0.2, 0.25) is 0 Å². The Bertz CT molecular complexity index is 387. The van der Waals surface area contributed by atoms with Gasteiger partial charge >= 0.3 is 0 Å². The second-order valence-electron chi connectivity index (χ2n) is 5.43. The van der Waals surface area contributed by atoms with Crippen LogP contribution in [0.1, 0.15) is 32.3 Å². The quantitative estimate of drug-likeness (QED) is 0.735. The lowest BCUT2D eigenvalue weighted by Gasteiger charge is -2.22.